The summed E-state index contributed by atoms with van der Waals surface area (Å²) in [6.07, 6.45) is 0.782. The SMILES string of the molecule is COC(=O)CN(C(=O)CCCOc1ccc(C=O)c([N+](=O)[O-])c1)C(c1ccccc1)c1ccccc1. The molecule has 36 heavy (non-hydrogen) atoms. The number of esters is 1. The van der Waals surface area contributed by atoms with Crippen molar-refractivity contribution in [3.05, 3.63) is 106 Å². The Hall–Kier alpha value is -4.53. The monoisotopic (exact) mass is 490 g/mol. The fourth-order valence-electron chi connectivity index (χ4n) is 3.78. The highest BCUT2D eigenvalue weighted by Crippen LogP contribution is 2.29. The second-order valence-electron chi connectivity index (χ2n) is 7.87. The van der Waals surface area contributed by atoms with Crippen molar-refractivity contribution in [3.8, 4) is 5.75 Å². The fourth-order valence-corrected chi connectivity index (χ4v) is 3.78. The summed E-state index contributed by atoms with van der Waals surface area (Å²) in [4.78, 5) is 48.5. The van der Waals surface area contributed by atoms with E-state index >= 15 is 0 Å². The summed E-state index contributed by atoms with van der Waals surface area (Å²) in [6.45, 7) is -0.124. The Morgan fingerprint density at radius 3 is 2.14 bits per heavy atom. The molecule has 9 heteroatoms. The lowest BCUT2D eigenvalue weighted by molar-refractivity contribution is -0.385. The van der Waals surface area contributed by atoms with E-state index in [2.05, 4.69) is 0 Å². The van der Waals surface area contributed by atoms with Gasteiger partial charge in [0.15, 0.2) is 6.29 Å². The van der Waals surface area contributed by atoms with E-state index in [0.717, 1.165) is 11.1 Å². The molecule has 0 unspecified atom stereocenters. The van der Waals surface area contributed by atoms with Crippen molar-refractivity contribution in [3.63, 3.8) is 0 Å². The van der Waals surface area contributed by atoms with Crippen molar-refractivity contribution in [2.45, 2.75) is 18.9 Å². The topological polar surface area (TPSA) is 116 Å². The normalized spacial score (nSPS) is 10.5. The first-order chi connectivity index (χ1) is 17.4. The lowest BCUT2D eigenvalue weighted by Crippen LogP contribution is -2.39. The van der Waals surface area contributed by atoms with Crippen LogP contribution in [0, 0.1) is 10.1 Å². The molecule has 0 aliphatic carbocycles. The van der Waals surface area contributed by atoms with Gasteiger partial charge in [-0.05, 0) is 29.7 Å². The Bertz CT molecular complexity index is 1160. The Morgan fingerprint density at radius 1 is 1.00 bits per heavy atom. The van der Waals surface area contributed by atoms with E-state index < -0.39 is 16.9 Å². The van der Waals surface area contributed by atoms with Crippen molar-refractivity contribution >= 4 is 23.9 Å². The van der Waals surface area contributed by atoms with E-state index in [1.807, 2.05) is 60.7 Å². The zero-order chi connectivity index (χ0) is 25.9. The summed E-state index contributed by atoms with van der Waals surface area (Å²) in [6, 6.07) is 22.3. The van der Waals surface area contributed by atoms with Gasteiger partial charge in [-0.15, -0.1) is 0 Å². The number of carbonyl (C=O) groups excluding carboxylic acids is 3. The van der Waals surface area contributed by atoms with E-state index in [9.17, 15) is 24.5 Å². The van der Waals surface area contributed by atoms with Gasteiger partial charge in [0.25, 0.3) is 5.69 Å². The van der Waals surface area contributed by atoms with Crippen molar-refractivity contribution in [1.29, 1.82) is 0 Å². The first kappa shape index (κ1) is 26.1. The molecule has 186 valence electrons. The summed E-state index contributed by atoms with van der Waals surface area (Å²) < 4.78 is 10.4. The molecule has 3 aromatic carbocycles. The highest BCUT2D eigenvalue weighted by atomic mass is 16.6. The lowest BCUT2D eigenvalue weighted by atomic mass is 9.96. The maximum atomic E-state index is 13.4. The Labute approximate surface area is 208 Å². The molecular formula is C27H26N2O7. The van der Waals surface area contributed by atoms with Crippen molar-refractivity contribution in [2.75, 3.05) is 20.3 Å². The molecule has 0 heterocycles. The third-order valence-electron chi connectivity index (χ3n) is 5.52. The number of rotatable bonds is 12. The molecule has 0 aromatic heterocycles. The molecule has 0 saturated carbocycles. The summed E-state index contributed by atoms with van der Waals surface area (Å²) >= 11 is 0. The third-order valence-corrected chi connectivity index (χ3v) is 5.52. The van der Waals surface area contributed by atoms with Gasteiger partial charge in [0.2, 0.25) is 5.91 Å². The Morgan fingerprint density at radius 2 is 1.61 bits per heavy atom. The molecular weight excluding hydrogens is 464 g/mol. The van der Waals surface area contributed by atoms with Gasteiger partial charge in [-0.3, -0.25) is 24.5 Å². The minimum atomic E-state index is -0.655. The summed E-state index contributed by atoms with van der Waals surface area (Å²) in [7, 11) is 1.27. The van der Waals surface area contributed by atoms with E-state index in [-0.39, 0.29) is 42.5 Å². The number of methoxy groups -OCH3 is 1. The molecule has 0 N–H and O–H groups in total. The van der Waals surface area contributed by atoms with Crippen LogP contribution < -0.4 is 4.74 Å². The van der Waals surface area contributed by atoms with Gasteiger partial charge < -0.3 is 14.4 Å². The van der Waals surface area contributed by atoms with Crippen LogP contribution in [0.2, 0.25) is 0 Å². The van der Waals surface area contributed by atoms with Crippen LogP contribution in [0.5, 0.6) is 5.75 Å². The number of carbonyl (C=O) groups is 3. The Kier molecular flexibility index (Phi) is 9.27. The van der Waals surface area contributed by atoms with E-state index in [4.69, 9.17) is 9.47 Å². The molecule has 3 aromatic rings. The largest absolute Gasteiger partial charge is 0.493 e. The first-order valence-electron chi connectivity index (χ1n) is 11.3. The fraction of sp³-hybridized carbons (Fsp3) is 0.222. The number of ether oxygens (including phenoxy) is 2. The second kappa shape index (κ2) is 12.8. The van der Waals surface area contributed by atoms with Gasteiger partial charge in [-0.2, -0.15) is 0 Å². The standard InChI is InChI=1S/C27H26N2O7/c1-35-26(32)18-28(27(20-9-4-2-5-10-20)21-11-6-3-7-12-21)25(31)13-8-16-36-23-15-14-22(19-30)24(17-23)29(33)34/h2-7,9-12,14-15,17,19,27H,8,13,16,18H2,1H3. The summed E-state index contributed by atoms with van der Waals surface area (Å²) in [5.74, 6) is -0.597. The molecule has 3 rings (SSSR count). The molecule has 9 nitrogen and oxygen atoms in total. The number of aldehydes is 1. The van der Waals surface area contributed by atoms with Crippen LogP contribution in [-0.4, -0.2) is 48.2 Å². The first-order valence-corrected chi connectivity index (χ1v) is 11.3. The second-order valence-corrected chi connectivity index (χ2v) is 7.87. The average Bonchev–Trinajstić information content (AvgIpc) is 2.91. The van der Waals surface area contributed by atoms with Gasteiger partial charge in [0, 0.05) is 6.42 Å². The summed E-state index contributed by atoms with van der Waals surface area (Å²) in [5.41, 5.74) is 1.30. The van der Waals surface area contributed by atoms with Crippen LogP contribution in [0.3, 0.4) is 0 Å². The molecule has 0 aliphatic heterocycles. The van der Waals surface area contributed by atoms with Crippen LogP contribution in [-0.2, 0) is 14.3 Å². The minimum Gasteiger partial charge on any atom is -0.493 e. The lowest BCUT2D eigenvalue weighted by Gasteiger charge is -2.32. The average molecular weight is 491 g/mol. The maximum absolute atomic E-state index is 13.4. The molecule has 1 amide bonds. The maximum Gasteiger partial charge on any atom is 0.325 e. The molecule has 0 atom stereocenters. The van der Waals surface area contributed by atoms with Gasteiger partial charge in [0.05, 0.1) is 36.3 Å². The number of amides is 1. The number of benzene rings is 3. The molecule has 0 saturated heterocycles. The van der Waals surface area contributed by atoms with Crippen LogP contribution in [0.1, 0.15) is 40.4 Å². The molecule has 0 bridgehead atoms. The van der Waals surface area contributed by atoms with E-state index in [1.165, 1.54) is 30.2 Å². The van der Waals surface area contributed by atoms with Crippen molar-refractivity contribution in [2.24, 2.45) is 0 Å². The predicted octanol–water partition coefficient (Wildman–Crippen LogP) is 4.36. The van der Waals surface area contributed by atoms with Gasteiger partial charge in [-0.1, -0.05) is 60.7 Å². The van der Waals surface area contributed by atoms with Crippen LogP contribution >= 0.6 is 0 Å². The third kappa shape index (κ3) is 6.75. The number of nitro benzene ring substituents is 1. The quantitative estimate of drug-likeness (QED) is 0.122. The van der Waals surface area contributed by atoms with Crippen LogP contribution in [0.4, 0.5) is 5.69 Å². The van der Waals surface area contributed by atoms with Gasteiger partial charge in [-0.25, -0.2) is 0 Å². The van der Waals surface area contributed by atoms with Crippen molar-refractivity contribution in [1.82, 2.24) is 4.90 Å². The van der Waals surface area contributed by atoms with Crippen LogP contribution in [0.15, 0.2) is 78.9 Å². The zero-order valence-electron chi connectivity index (χ0n) is 19.7. The number of hydrogen-bond donors (Lipinski definition) is 0. The number of nitrogens with zero attached hydrogens (tertiary/aromatic N) is 2. The molecule has 0 fully saturated rings. The van der Waals surface area contributed by atoms with E-state index in [1.54, 1.807) is 0 Å². The number of hydrogen-bond acceptors (Lipinski definition) is 7. The predicted molar refractivity (Wildman–Crippen MR) is 132 cm³/mol. The number of nitro groups is 1. The highest BCUT2D eigenvalue weighted by Gasteiger charge is 2.28. The zero-order valence-corrected chi connectivity index (χ0v) is 19.7. The smallest absolute Gasteiger partial charge is 0.325 e. The molecule has 0 radical (unpaired) electrons. The Balaban J connectivity index is 1.75. The summed E-state index contributed by atoms with van der Waals surface area (Å²) in [5, 5.41) is 11.1. The molecule has 0 aliphatic rings. The van der Waals surface area contributed by atoms with Gasteiger partial charge in [0.1, 0.15) is 12.3 Å². The van der Waals surface area contributed by atoms with E-state index in [0.29, 0.717) is 12.7 Å². The van der Waals surface area contributed by atoms with Gasteiger partial charge >= 0.3 is 5.97 Å². The van der Waals surface area contributed by atoms with Crippen molar-refractivity contribution < 1.29 is 28.8 Å². The van der Waals surface area contributed by atoms with Crippen LogP contribution in [0.25, 0.3) is 0 Å². The minimum absolute atomic E-state index is 0.0474. The highest BCUT2D eigenvalue weighted by molar-refractivity contribution is 5.83. The molecule has 0 spiro atoms.